The third-order valence-electron chi connectivity index (χ3n) is 3.57. The first-order valence-electron chi connectivity index (χ1n) is 6.78. The molecule has 1 aliphatic rings. The van der Waals surface area contributed by atoms with Gasteiger partial charge in [-0.05, 0) is 53.2 Å². The Kier molecular flexibility index (Phi) is 5.60. The summed E-state index contributed by atoms with van der Waals surface area (Å²) in [6.45, 7) is 2.86. The van der Waals surface area contributed by atoms with E-state index in [0.717, 1.165) is 32.2 Å². The number of nitrogens with zero attached hydrogens (tertiary/aromatic N) is 1. The molecule has 1 unspecified atom stereocenters. The topological polar surface area (TPSA) is 81.7 Å². The van der Waals surface area contributed by atoms with Crippen LogP contribution in [0.4, 0.5) is 4.79 Å². The lowest BCUT2D eigenvalue weighted by atomic mass is 9.74. The van der Waals surface area contributed by atoms with Crippen molar-refractivity contribution in [3.8, 4) is 0 Å². The molecule has 6 nitrogen and oxygen atoms in total. The van der Waals surface area contributed by atoms with Gasteiger partial charge >= 0.3 is 12.0 Å². The molecule has 6 heteroatoms. The van der Waals surface area contributed by atoms with Gasteiger partial charge < -0.3 is 20.6 Å². The molecule has 110 valence electrons. The molecule has 0 aromatic carbocycles. The highest BCUT2D eigenvalue weighted by atomic mass is 16.4. The number of carbonyl (C=O) groups is 2. The second-order valence-electron chi connectivity index (χ2n) is 5.80. The lowest BCUT2D eigenvalue weighted by molar-refractivity contribution is -0.139. The number of carboxylic acids is 1. The fourth-order valence-electron chi connectivity index (χ4n) is 2.26. The predicted octanol–water partition coefficient (Wildman–Crippen LogP) is 1.02. The molecule has 0 heterocycles. The van der Waals surface area contributed by atoms with Crippen LogP contribution >= 0.6 is 0 Å². The molecule has 1 aliphatic carbocycles. The van der Waals surface area contributed by atoms with Crippen molar-refractivity contribution in [2.45, 2.75) is 50.6 Å². The second-order valence-corrected chi connectivity index (χ2v) is 5.80. The number of amides is 2. The van der Waals surface area contributed by atoms with Gasteiger partial charge in [0.1, 0.15) is 0 Å². The van der Waals surface area contributed by atoms with Crippen LogP contribution in [0.15, 0.2) is 0 Å². The number of carbonyl (C=O) groups excluding carboxylic acids is 1. The smallest absolute Gasteiger partial charge is 0.315 e. The van der Waals surface area contributed by atoms with Crippen LogP contribution in [0.5, 0.6) is 0 Å². The Morgan fingerprint density at radius 1 is 1.37 bits per heavy atom. The summed E-state index contributed by atoms with van der Waals surface area (Å²) in [5.41, 5.74) is -0.531. The lowest BCUT2D eigenvalue weighted by Gasteiger charge is -2.41. The van der Waals surface area contributed by atoms with Gasteiger partial charge in [-0.3, -0.25) is 4.79 Å². The summed E-state index contributed by atoms with van der Waals surface area (Å²) in [4.78, 5) is 24.7. The third kappa shape index (κ3) is 5.46. The average molecular weight is 271 g/mol. The van der Waals surface area contributed by atoms with E-state index in [-0.39, 0.29) is 18.5 Å². The lowest BCUT2D eigenvalue weighted by Crippen LogP contribution is -2.58. The summed E-state index contributed by atoms with van der Waals surface area (Å²) in [6.07, 6.45) is 3.35. The molecule has 2 amide bonds. The van der Waals surface area contributed by atoms with Crippen molar-refractivity contribution in [2.75, 3.05) is 20.6 Å². The Morgan fingerprint density at radius 2 is 2.00 bits per heavy atom. The van der Waals surface area contributed by atoms with Gasteiger partial charge in [0.25, 0.3) is 0 Å². The Morgan fingerprint density at radius 3 is 2.42 bits per heavy atom. The third-order valence-corrected chi connectivity index (χ3v) is 3.57. The maximum Gasteiger partial charge on any atom is 0.315 e. The predicted molar refractivity (Wildman–Crippen MR) is 73.1 cm³/mol. The van der Waals surface area contributed by atoms with Gasteiger partial charge in [-0.25, -0.2) is 4.79 Å². The van der Waals surface area contributed by atoms with E-state index in [4.69, 9.17) is 5.11 Å². The molecule has 0 radical (unpaired) electrons. The van der Waals surface area contributed by atoms with Gasteiger partial charge in [0.05, 0.1) is 12.0 Å². The van der Waals surface area contributed by atoms with E-state index in [0.29, 0.717) is 0 Å². The fraction of sp³-hybridized carbons (Fsp3) is 0.846. The first kappa shape index (κ1) is 15.8. The molecular weight excluding hydrogens is 246 g/mol. The second kappa shape index (κ2) is 6.75. The number of hydrogen-bond donors (Lipinski definition) is 3. The van der Waals surface area contributed by atoms with E-state index >= 15 is 0 Å². The van der Waals surface area contributed by atoms with Crippen molar-refractivity contribution in [3.63, 3.8) is 0 Å². The quantitative estimate of drug-likeness (QED) is 0.646. The Balaban J connectivity index is 2.35. The molecule has 19 heavy (non-hydrogen) atoms. The van der Waals surface area contributed by atoms with Crippen LogP contribution in [0, 0.1) is 0 Å². The van der Waals surface area contributed by atoms with Crippen molar-refractivity contribution in [3.05, 3.63) is 0 Å². The summed E-state index contributed by atoms with van der Waals surface area (Å²) in [5.74, 6) is -0.861. The molecule has 0 aliphatic heterocycles. The van der Waals surface area contributed by atoms with Crippen LogP contribution in [-0.4, -0.2) is 54.2 Å². The van der Waals surface area contributed by atoms with Gasteiger partial charge in [-0.2, -0.15) is 0 Å². The molecule has 3 N–H and O–H groups in total. The van der Waals surface area contributed by atoms with Crippen LogP contribution in [0.2, 0.25) is 0 Å². The van der Waals surface area contributed by atoms with Gasteiger partial charge in [0, 0.05) is 6.04 Å². The normalized spacial score (nSPS) is 18.5. The first-order chi connectivity index (χ1) is 8.83. The molecule has 0 aromatic heterocycles. The minimum atomic E-state index is -0.861. The van der Waals surface area contributed by atoms with Crippen molar-refractivity contribution in [1.29, 1.82) is 0 Å². The van der Waals surface area contributed by atoms with Crippen molar-refractivity contribution in [2.24, 2.45) is 0 Å². The standard InChI is InChI=1S/C13H25N3O3/c1-10(5-8-16(2)3)14-12(19)15-13(6-4-7-13)9-11(17)18/h10H,4-9H2,1-3H3,(H,17,18)(H2,14,15,19). The Bertz CT molecular complexity index is 327. The van der Waals surface area contributed by atoms with Crippen molar-refractivity contribution in [1.82, 2.24) is 15.5 Å². The van der Waals surface area contributed by atoms with Crippen LogP contribution in [0.1, 0.15) is 39.0 Å². The van der Waals surface area contributed by atoms with E-state index in [1.807, 2.05) is 21.0 Å². The summed E-state index contributed by atoms with van der Waals surface area (Å²) < 4.78 is 0. The van der Waals surface area contributed by atoms with E-state index < -0.39 is 11.5 Å². The molecule has 0 aromatic rings. The number of urea groups is 1. The molecule has 1 saturated carbocycles. The molecule has 0 bridgehead atoms. The highest BCUT2D eigenvalue weighted by Gasteiger charge is 2.40. The van der Waals surface area contributed by atoms with E-state index in [1.54, 1.807) is 0 Å². The molecule has 1 fully saturated rings. The maximum atomic E-state index is 11.9. The average Bonchev–Trinajstić information content (AvgIpc) is 2.22. The summed E-state index contributed by atoms with van der Waals surface area (Å²) in [7, 11) is 3.98. The van der Waals surface area contributed by atoms with Crippen LogP contribution in [-0.2, 0) is 4.79 Å². The zero-order valence-corrected chi connectivity index (χ0v) is 12.0. The monoisotopic (exact) mass is 271 g/mol. The minimum Gasteiger partial charge on any atom is -0.481 e. The molecule has 1 rings (SSSR count). The first-order valence-corrected chi connectivity index (χ1v) is 6.78. The van der Waals surface area contributed by atoms with Gasteiger partial charge in [0.2, 0.25) is 0 Å². The van der Waals surface area contributed by atoms with Crippen LogP contribution in [0.3, 0.4) is 0 Å². The van der Waals surface area contributed by atoms with E-state index in [9.17, 15) is 9.59 Å². The number of carboxylic acid groups (broad SMARTS) is 1. The Hall–Kier alpha value is -1.30. The maximum absolute atomic E-state index is 11.9. The van der Waals surface area contributed by atoms with E-state index in [1.165, 1.54) is 0 Å². The van der Waals surface area contributed by atoms with Crippen molar-refractivity contribution < 1.29 is 14.7 Å². The fourth-order valence-corrected chi connectivity index (χ4v) is 2.26. The van der Waals surface area contributed by atoms with Gasteiger partial charge in [-0.15, -0.1) is 0 Å². The zero-order valence-electron chi connectivity index (χ0n) is 12.0. The summed E-state index contributed by atoms with van der Waals surface area (Å²) in [5, 5.41) is 14.6. The summed E-state index contributed by atoms with van der Waals surface area (Å²) in [6, 6.07) is -0.184. The van der Waals surface area contributed by atoms with Crippen LogP contribution < -0.4 is 10.6 Å². The van der Waals surface area contributed by atoms with Gasteiger partial charge in [0.15, 0.2) is 0 Å². The van der Waals surface area contributed by atoms with Crippen LogP contribution in [0.25, 0.3) is 0 Å². The molecular formula is C13H25N3O3. The number of rotatable bonds is 7. The number of aliphatic carboxylic acids is 1. The van der Waals surface area contributed by atoms with Gasteiger partial charge in [-0.1, -0.05) is 0 Å². The molecule has 1 atom stereocenters. The highest BCUT2D eigenvalue weighted by Crippen LogP contribution is 2.34. The highest BCUT2D eigenvalue weighted by molar-refractivity contribution is 5.77. The Labute approximate surface area is 114 Å². The SMILES string of the molecule is CC(CCN(C)C)NC(=O)NC1(CC(=O)O)CCC1. The largest absolute Gasteiger partial charge is 0.481 e. The number of hydrogen-bond acceptors (Lipinski definition) is 3. The molecule has 0 saturated heterocycles. The van der Waals surface area contributed by atoms with E-state index in [2.05, 4.69) is 15.5 Å². The number of nitrogens with one attached hydrogen (secondary N) is 2. The minimum absolute atomic E-state index is 0.00645. The molecule has 0 spiro atoms. The summed E-state index contributed by atoms with van der Waals surface area (Å²) >= 11 is 0. The zero-order chi connectivity index (χ0) is 14.5. The van der Waals surface area contributed by atoms with Crippen molar-refractivity contribution >= 4 is 12.0 Å².